The van der Waals surface area contributed by atoms with Gasteiger partial charge in [-0.25, -0.2) is 0 Å². The first kappa shape index (κ1) is 13.6. The number of aliphatic imine (C=N–C) groups is 1. The van der Waals surface area contributed by atoms with E-state index in [0.717, 1.165) is 19.7 Å². The molecule has 5 nitrogen and oxygen atoms in total. The Morgan fingerprint density at radius 2 is 2.28 bits per heavy atom. The zero-order chi connectivity index (χ0) is 13.2. The minimum absolute atomic E-state index is 0.150. The van der Waals surface area contributed by atoms with Gasteiger partial charge in [0.1, 0.15) is 0 Å². The minimum Gasteiger partial charge on any atom is -0.376 e. The van der Waals surface area contributed by atoms with Crippen molar-refractivity contribution >= 4 is 5.96 Å². The number of nitrogens with two attached hydrogens (primary N) is 1. The van der Waals surface area contributed by atoms with Crippen molar-refractivity contribution in [1.29, 1.82) is 0 Å². The van der Waals surface area contributed by atoms with Crippen LogP contribution in [-0.4, -0.2) is 55.9 Å². The fourth-order valence-corrected chi connectivity index (χ4v) is 2.42. The summed E-state index contributed by atoms with van der Waals surface area (Å²) in [5.74, 6) is 1.26. The number of rotatable bonds is 4. The van der Waals surface area contributed by atoms with Gasteiger partial charge < -0.3 is 20.1 Å². The summed E-state index contributed by atoms with van der Waals surface area (Å²) in [5.41, 5.74) is 5.91. The quantitative estimate of drug-likeness (QED) is 0.597. The number of methoxy groups -OCH3 is 1. The molecule has 1 saturated heterocycles. The normalized spacial score (nSPS) is 29.2. The molecule has 0 amide bonds. The molecular weight excluding hydrogens is 230 g/mol. The molecule has 1 saturated carbocycles. The van der Waals surface area contributed by atoms with Crippen LogP contribution >= 0.6 is 0 Å². The predicted octanol–water partition coefficient (Wildman–Crippen LogP) is 0.837. The molecular formula is C13H25N3O2. The summed E-state index contributed by atoms with van der Waals surface area (Å²) in [4.78, 5) is 6.62. The van der Waals surface area contributed by atoms with Crippen LogP contribution < -0.4 is 5.73 Å². The molecule has 0 aromatic rings. The van der Waals surface area contributed by atoms with Gasteiger partial charge in [-0.15, -0.1) is 0 Å². The van der Waals surface area contributed by atoms with Gasteiger partial charge in [0.15, 0.2) is 5.96 Å². The van der Waals surface area contributed by atoms with Crippen LogP contribution in [0.15, 0.2) is 4.99 Å². The van der Waals surface area contributed by atoms with Gasteiger partial charge in [0, 0.05) is 20.2 Å². The second-order valence-electron chi connectivity index (χ2n) is 5.59. The summed E-state index contributed by atoms with van der Waals surface area (Å²) >= 11 is 0. The van der Waals surface area contributed by atoms with Crippen molar-refractivity contribution in [2.45, 2.75) is 38.4 Å². The van der Waals surface area contributed by atoms with E-state index in [9.17, 15) is 0 Å². The van der Waals surface area contributed by atoms with Crippen molar-refractivity contribution in [3.63, 3.8) is 0 Å². The molecule has 1 aliphatic carbocycles. The van der Waals surface area contributed by atoms with E-state index in [1.54, 1.807) is 7.11 Å². The summed E-state index contributed by atoms with van der Waals surface area (Å²) in [6.07, 6.45) is 2.72. The fourth-order valence-electron chi connectivity index (χ4n) is 2.42. The van der Waals surface area contributed by atoms with Crippen LogP contribution in [0.2, 0.25) is 0 Å². The third-order valence-electron chi connectivity index (χ3n) is 4.03. The summed E-state index contributed by atoms with van der Waals surface area (Å²) in [7, 11) is 1.76. The molecule has 2 N–H and O–H groups in total. The van der Waals surface area contributed by atoms with Crippen LogP contribution in [0.1, 0.15) is 26.7 Å². The smallest absolute Gasteiger partial charge is 0.191 e. The van der Waals surface area contributed by atoms with Gasteiger partial charge in [-0.2, -0.15) is 0 Å². The Morgan fingerprint density at radius 3 is 2.83 bits per heavy atom. The SMILES string of the molecule is COC(C)(CN=C(N)N1CCOC(C)C1)C1CC1. The molecule has 5 heteroatoms. The zero-order valence-corrected chi connectivity index (χ0v) is 11.7. The second-order valence-corrected chi connectivity index (χ2v) is 5.59. The molecule has 2 unspecified atom stereocenters. The lowest BCUT2D eigenvalue weighted by Gasteiger charge is -2.33. The van der Waals surface area contributed by atoms with Crippen molar-refractivity contribution in [2.24, 2.45) is 16.6 Å². The van der Waals surface area contributed by atoms with Gasteiger partial charge in [0.05, 0.1) is 24.9 Å². The lowest BCUT2D eigenvalue weighted by atomic mass is 10.0. The number of hydrogen-bond acceptors (Lipinski definition) is 3. The van der Waals surface area contributed by atoms with Crippen molar-refractivity contribution < 1.29 is 9.47 Å². The van der Waals surface area contributed by atoms with Gasteiger partial charge in [0.25, 0.3) is 0 Å². The van der Waals surface area contributed by atoms with E-state index in [4.69, 9.17) is 15.2 Å². The summed E-state index contributed by atoms with van der Waals surface area (Å²) in [6.45, 7) is 7.20. The van der Waals surface area contributed by atoms with Crippen LogP contribution in [0.4, 0.5) is 0 Å². The van der Waals surface area contributed by atoms with Gasteiger partial charge in [0.2, 0.25) is 0 Å². The first-order valence-electron chi connectivity index (χ1n) is 6.77. The molecule has 0 spiro atoms. The highest BCUT2D eigenvalue weighted by Gasteiger charge is 2.41. The summed E-state index contributed by atoms with van der Waals surface area (Å²) in [6, 6.07) is 0. The van der Waals surface area contributed by atoms with Gasteiger partial charge in [-0.05, 0) is 32.6 Å². The molecule has 1 aliphatic heterocycles. The molecule has 2 rings (SSSR count). The third kappa shape index (κ3) is 3.14. The van der Waals surface area contributed by atoms with E-state index < -0.39 is 0 Å². The van der Waals surface area contributed by atoms with E-state index in [1.165, 1.54) is 12.8 Å². The lowest BCUT2D eigenvalue weighted by Crippen LogP contribution is -2.48. The predicted molar refractivity (Wildman–Crippen MR) is 71.6 cm³/mol. The van der Waals surface area contributed by atoms with Crippen molar-refractivity contribution in [3.05, 3.63) is 0 Å². The maximum absolute atomic E-state index is 6.06. The minimum atomic E-state index is -0.150. The Kier molecular flexibility index (Phi) is 4.12. The van der Waals surface area contributed by atoms with E-state index in [2.05, 4.69) is 23.7 Å². The largest absolute Gasteiger partial charge is 0.376 e. The monoisotopic (exact) mass is 255 g/mol. The molecule has 104 valence electrons. The van der Waals surface area contributed by atoms with Crippen molar-refractivity contribution in [2.75, 3.05) is 33.4 Å². The Bertz CT molecular complexity index is 317. The number of guanidine groups is 1. The molecule has 2 atom stereocenters. The number of morpholine rings is 1. The fraction of sp³-hybridized carbons (Fsp3) is 0.923. The Hall–Kier alpha value is -0.810. The Balaban J connectivity index is 1.91. The zero-order valence-electron chi connectivity index (χ0n) is 11.7. The summed E-state index contributed by atoms with van der Waals surface area (Å²) in [5, 5.41) is 0. The molecule has 0 radical (unpaired) electrons. The molecule has 2 fully saturated rings. The molecule has 0 bridgehead atoms. The van der Waals surface area contributed by atoms with Crippen molar-refractivity contribution in [3.8, 4) is 0 Å². The molecule has 0 aromatic carbocycles. The maximum Gasteiger partial charge on any atom is 0.191 e. The van der Waals surface area contributed by atoms with Crippen LogP contribution in [-0.2, 0) is 9.47 Å². The lowest BCUT2D eigenvalue weighted by molar-refractivity contribution is -0.00638. The summed E-state index contributed by atoms with van der Waals surface area (Å²) < 4.78 is 11.1. The van der Waals surface area contributed by atoms with E-state index in [-0.39, 0.29) is 11.7 Å². The number of nitrogens with zero attached hydrogens (tertiary/aromatic N) is 2. The number of ether oxygens (including phenoxy) is 2. The molecule has 0 aromatic heterocycles. The van der Waals surface area contributed by atoms with Gasteiger partial charge in [-0.1, -0.05) is 0 Å². The maximum atomic E-state index is 6.06. The third-order valence-corrected chi connectivity index (χ3v) is 4.03. The highest BCUT2D eigenvalue weighted by molar-refractivity contribution is 5.78. The topological polar surface area (TPSA) is 60.1 Å². The second kappa shape index (κ2) is 5.45. The Morgan fingerprint density at radius 1 is 1.56 bits per heavy atom. The first-order chi connectivity index (χ1) is 8.55. The highest BCUT2D eigenvalue weighted by atomic mass is 16.5. The standard InChI is InChI=1S/C13H25N3O2/c1-10-8-16(6-7-18-10)12(14)15-9-13(2,17-3)11-4-5-11/h10-11H,4-9H2,1-3H3,(H2,14,15). The molecule has 1 heterocycles. The van der Waals surface area contributed by atoms with Crippen LogP contribution in [0.25, 0.3) is 0 Å². The van der Waals surface area contributed by atoms with Crippen LogP contribution in [0, 0.1) is 5.92 Å². The first-order valence-corrected chi connectivity index (χ1v) is 6.77. The highest BCUT2D eigenvalue weighted by Crippen LogP contribution is 2.41. The van der Waals surface area contributed by atoms with Crippen LogP contribution in [0.3, 0.4) is 0 Å². The van der Waals surface area contributed by atoms with Gasteiger partial charge >= 0.3 is 0 Å². The Labute approximate surface area is 109 Å². The van der Waals surface area contributed by atoms with Crippen molar-refractivity contribution in [1.82, 2.24) is 4.90 Å². The number of hydrogen-bond donors (Lipinski definition) is 1. The van der Waals surface area contributed by atoms with E-state index in [0.29, 0.717) is 18.4 Å². The average molecular weight is 255 g/mol. The molecule has 18 heavy (non-hydrogen) atoms. The molecule has 2 aliphatic rings. The van der Waals surface area contributed by atoms with E-state index >= 15 is 0 Å². The van der Waals surface area contributed by atoms with Gasteiger partial charge in [-0.3, -0.25) is 4.99 Å². The van der Waals surface area contributed by atoms with E-state index in [1.807, 2.05) is 0 Å². The van der Waals surface area contributed by atoms with Crippen LogP contribution in [0.5, 0.6) is 0 Å². The average Bonchev–Trinajstić information content (AvgIpc) is 3.20.